The van der Waals surface area contributed by atoms with Crippen LogP contribution in [0.1, 0.15) is 5.56 Å². The predicted molar refractivity (Wildman–Crippen MR) is 70.6 cm³/mol. The van der Waals surface area contributed by atoms with Crippen LogP contribution in [0.3, 0.4) is 0 Å². The average Bonchev–Trinajstić information content (AvgIpc) is 2.35. The van der Waals surface area contributed by atoms with Crippen molar-refractivity contribution in [3.63, 3.8) is 0 Å². The summed E-state index contributed by atoms with van der Waals surface area (Å²) in [4.78, 5) is 6.59. The van der Waals surface area contributed by atoms with E-state index in [0.717, 1.165) is 24.2 Å². The maximum Gasteiger partial charge on any atom is 0.137 e. The zero-order valence-corrected chi connectivity index (χ0v) is 10.6. The van der Waals surface area contributed by atoms with E-state index in [4.69, 9.17) is 4.74 Å². The number of aromatic nitrogens is 1. The van der Waals surface area contributed by atoms with Gasteiger partial charge in [0.05, 0.1) is 18.8 Å². The molecule has 1 aromatic heterocycles. The summed E-state index contributed by atoms with van der Waals surface area (Å²) in [5.41, 5.74) is 2.35. The van der Waals surface area contributed by atoms with Gasteiger partial charge in [0.15, 0.2) is 0 Å². The third kappa shape index (κ3) is 2.74. The molecule has 0 fully saturated rings. The minimum Gasteiger partial charge on any atom is -0.495 e. The van der Waals surface area contributed by atoms with Gasteiger partial charge in [-0.2, -0.15) is 0 Å². The molecule has 1 heterocycles. The number of ether oxygens (including phenoxy) is 1. The van der Waals surface area contributed by atoms with Crippen LogP contribution in [0.2, 0.25) is 0 Å². The lowest BCUT2D eigenvalue weighted by molar-refractivity contribution is 0.412. The van der Waals surface area contributed by atoms with Crippen molar-refractivity contribution in [1.82, 2.24) is 9.88 Å². The Morgan fingerprint density at radius 3 is 2.82 bits per heavy atom. The zero-order chi connectivity index (χ0) is 12.3. The van der Waals surface area contributed by atoms with Crippen LogP contribution in [0.4, 0.5) is 0 Å². The normalized spacial score (nSPS) is 11.1. The molecule has 90 valence electrons. The lowest BCUT2D eigenvalue weighted by atomic mass is 10.1. The number of rotatable bonds is 4. The van der Waals surface area contributed by atoms with E-state index in [1.165, 1.54) is 10.9 Å². The van der Waals surface area contributed by atoms with Gasteiger partial charge in [-0.25, -0.2) is 0 Å². The number of hydrogen-bond acceptors (Lipinski definition) is 3. The van der Waals surface area contributed by atoms with Gasteiger partial charge in [0.1, 0.15) is 5.75 Å². The van der Waals surface area contributed by atoms with Crippen LogP contribution in [-0.2, 0) is 6.42 Å². The van der Waals surface area contributed by atoms with Gasteiger partial charge in [-0.1, -0.05) is 12.1 Å². The summed E-state index contributed by atoms with van der Waals surface area (Å²) in [7, 11) is 5.85. The molecule has 3 nitrogen and oxygen atoms in total. The van der Waals surface area contributed by atoms with Crippen molar-refractivity contribution < 1.29 is 4.74 Å². The first kappa shape index (κ1) is 11.9. The summed E-state index contributed by atoms with van der Waals surface area (Å²) >= 11 is 0. The fraction of sp³-hybridized carbons (Fsp3) is 0.357. The van der Waals surface area contributed by atoms with Crippen molar-refractivity contribution in [2.75, 3.05) is 27.7 Å². The number of hydrogen-bond donors (Lipinski definition) is 0. The van der Waals surface area contributed by atoms with Crippen molar-refractivity contribution in [1.29, 1.82) is 0 Å². The number of likely N-dealkylation sites (N-methyl/N-ethyl adjacent to an activating group) is 1. The monoisotopic (exact) mass is 230 g/mol. The first-order valence-corrected chi connectivity index (χ1v) is 5.77. The van der Waals surface area contributed by atoms with Crippen LogP contribution in [0.15, 0.2) is 30.5 Å². The molecule has 0 bridgehead atoms. The highest BCUT2D eigenvalue weighted by Gasteiger charge is 2.04. The Hall–Kier alpha value is -1.61. The first-order chi connectivity index (χ1) is 8.20. The molecule has 0 aliphatic rings. The standard InChI is InChI=1S/C14H18N2O/c1-16(2)8-7-11-5-4-6-14-13(11)9-12(17-3)10-15-14/h4-6,9-10H,7-8H2,1-3H3. The summed E-state index contributed by atoms with van der Waals surface area (Å²) in [5.74, 6) is 0.815. The van der Waals surface area contributed by atoms with E-state index in [2.05, 4.69) is 42.2 Å². The van der Waals surface area contributed by atoms with E-state index in [-0.39, 0.29) is 0 Å². The molecule has 2 rings (SSSR count). The topological polar surface area (TPSA) is 25.4 Å². The highest BCUT2D eigenvalue weighted by Crippen LogP contribution is 2.22. The molecule has 0 unspecified atom stereocenters. The lowest BCUT2D eigenvalue weighted by Crippen LogP contribution is -2.15. The molecule has 0 aliphatic carbocycles. The van der Waals surface area contributed by atoms with Crippen molar-refractivity contribution in [3.8, 4) is 5.75 Å². The second kappa shape index (κ2) is 5.15. The molecule has 0 N–H and O–H groups in total. The largest absolute Gasteiger partial charge is 0.495 e. The summed E-state index contributed by atoms with van der Waals surface area (Å²) in [6, 6.07) is 8.32. The summed E-state index contributed by atoms with van der Waals surface area (Å²) in [5, 5.41) is 1.19. The Balaban J connectivity index is 2.39. The summed E-state index contributed by atoms with van der Waals surface area (Å²) in [6.07, 6.45) is 2.79. The Kier molecular flexibility index (Phi) is 3.59. The maximum absolute atomic E-state index is 5.23. The molecule has 0 amide bonds. The number of pyridine rings is 1. The van der Waals surface area contributed by atoms with Gasteiger partial charge in [-0.15, -0.1) is 0 Å². The van der Waals surface area contributed by atoms with Crippen LogP contribution in [0.5, 0.6) is 5.75 Å². The van der Waals surface area contributed by atoms with Crippen LogP contribution < -0.4 is 4.74 Å². The van der Waals surface area contributed by atoms with Gasteiger partial charge in [0.2, 0.25) is 0 Å². The molecule has 0 spiro atoms. The van der Waals surface area contributed by atoms with E-state index < -0.39 is 0 Å². The van der Waals surface area contributed by atoms with E-state index in [1.807, 2.05) is 6.07 Å². The summed E-state index contributed by atoms with van der Waals surface area (Å²) in [6.45, 7) is 1.04. The van der Waals surface area contributed by atoms with Crippen molar-refractivity contribution in [2.24, 2.45) is 0 Å². The molecule has 3 heteroatoms. The second-order valence-corrected chi connectivity index (χ2v) is 4.41. The Labute approximate surface area is 102 Å². The summed E-state index contributed by atoms with van der Waals surface area (Å²) < 4.78 is 5.23. The maximum atomic E-state index is 5.23. The van der Waals surface area contributed by atoms with Crippen LogP contribution in [0, 0.1) is 0 Å². The van der Waals surface area contributed by atoms with E-state index in [1.54, 1.807) is 13.3 Å². The Morgan fingerprint density at radius 2 is 2.12 bits per heavy atom. The third-order valence-electron chi connectivity index (χ3n) is 2.85. The van der Waals surface area contributed by atoms with Gasteiger partial charge in [-0.3, -0.25) is 4.98 Å². The molecule has 2 aromatic rings. The molecular formula is C14H18N2O. The molecule has 17 heavy (non-hydrogen) atoms. The number of methoxy groups -OCH3 is 1. The molecule has 0 aliphatic heterocycles. The molecular weight excluding hydrogens is 212 g/mol. The fourth-order valence-corrected chi connectivity index (χ4v) is 1.87. The fourth-order valence-electron chi connectivity index (χ4n) is 1.87. The van der Waals surface area contributed by atoms with Gasteiger partial charge in [-0.05, 0) is 38.2 Å². The minimum absolute atomic E-state index is 0.815. The van der Waals surface area contributed by atoms with Gasteiger partial charge >= 0.3 is 0 Å². The van der Waals surface area contributed by atoms with E-state index in [9.17, 15) is 0 Å². The van der Waals surface area contributed by atoms with Crippen molar-refractivity contribution in [2.45, 2.75) is 6.42 Å². The third-order valence-corrected chi connectivity index (χ3v) is 2.85. The average molecular weight is 230 g/mol. The molecule has 0 saturated carbocycles. The van der Waals surface area contributed by atoms with Gasteiger partial charge < -0.3 is 9.64 Å². The smallest absolute Gasteiger partial charge is 0.137 e. The highest BCUT2D eigenvalue weighted by molar-refractivity contribution is 5.83. The molecule has 0 saturated heterocycles. The quantitative estimate of drug-likeness (QED) is 0.806. The molecule has 0 atom stereocenters. The second-order valence-electron chi connectivity index (χ2n) is 4.41. The predicted octanol–water partition coefficient (Wildman–Crippen LogP) is 2.35. The van der Waals surface area contributed by atoms with Crippen LogP contribution in [-0.4, -0.2) is 37.6 Å². The number of nitrogens with zero attached hydrogens (tertiary/aromatic N) is 2. The van der Waals surface area contributed by atoms with E-state index in [0.29, 0.717) is 0 Å². The van der Waals surface area contributed by atoms with Gasteiger partial charge in [0.25, 0.3) is 0 Å². The van der Waals surface area contributed by atoms with E-state index >= 15 is 0 Å². The zero-order valence-electron chi connectivity index (χ0n) is 10.6. The Bertz CT molecular complexity index is 509. The van der Waals surface area contributed by atoms with Crippen molar-refractivity contribution in [3.05, 3.63) is 36.0 Å². The van der Waals surface area contributed by atoms with Crippen molar-refractivity contribution >= 4 is 10.9 Å². The van der Waals surface area contributed by atoms with Gasteiger partial charge in [0, 0.05) is 11.9 Å². The SMILES string of the molecule is COc1cnc2cccc(CCN(C)C)c2c1. The molecule has 0 radical (unpaired) electrons. The number of fused-ring (bicyclic) bond motifs is 1. The first-order valence-electron chi connectivity index (χ1n) is 5.77. The van der Waals surface area contributed by atoms with Crippen LogP contribution in [0.25, 0.3) is 10.9 Å². The highest BCUT2D eigenvalue weighted by atomic mass is 16.5. The minimum atomic E-state index is 0.815. The lowest BCUT2D eigenvalue weighted by Gasteiger charge is -2.11. The molecule has 1 aromatic carbocycles. The Morgan fingerprint density at radius 1 is 1.29 bits per heavy atom. The number of benzene rings is 1. The van der Waals surface area contributed by atoms with Crippen LogP contribution >= 0.6 is 0 Å².